The summed E-state index contributed by atoms with van der Waals surface area (Å²) in [7, 11) is 0. The summed E-state index contributed by atoms with van der Waals surface area (Å²) in [6.07, 6.45) is 3.06. The summed E-state index contributed by atoms with van der Waals surface area (Å²) in [5.41, 5.74) is 6.67. The second kappa shape index (κ2) is 12.1. The summed E-state index contributed by atoms with van der Waals surface area (Å²) in [5, 5.41) is 32.9. The van der Waals surface area contributed by atoms with Crippen LogP contribution < -0.4 is 21.3 Å². The number of benzene rings is 2. The maximum Gasteiger partial charge on any atom is 0.337 e. The lowest BCUT2D eigenvalue weighted by Crippen LogP contribution is -2.46. The third-order valence-electron chi connectivity index (χ3n) is 6.85. The Bertz CT molecular complexity index is 1190. The van der Waals surface area contributed by atoms with Crippen LogP contribution in [0.4, 0.5) is 11.4 Å². The molecule has 2 aromatic rings. The Morgan fingerprint density at radius 3 is 2.32 bits per heavy atom. The molecular weight excluding hydrogens is 486 g/mol. The average molecular weight is 524 g/mol. The Morgan fingerprint density at radius 1 is 1.08 bits per heavy atom. The largest absolute Gasteiger partial charge is 0.478 e. The van der Waals surface area contributed by atoms with Crippen molar-refractivity contribution in [1.29, 1.82) is 5.41 Å². The van der Waals surface area contributed by atoms with Crippen LogP contribution in [0.3, 0.4) is 0 Å². The molecular formula is C28H37N5O5. The molecule has 38 heavy (non-hydrogen) atoms. The number of carboxylic acids is 1. The summed E-state index contributed by atoms with van der Waals surface area (Å²) < 4.78 is 0. The minimum atomic E-state index is -1.20. The van der Waals surface area contributed by atoms with Gasteiger partial charge in [-0.3, -0.25) is 15.0 Å². The third-order valence-corrected chi connectivity index (χ3v) is 6.85. The van der Waals surface area contributed by atoms with Crippen LogP contribution in [0.2, 0.25) is 0 Å². The number of nitrogen functional groups attached to an aromatic ring is 1. The zero-order chi connectivity index (χ0) is 28.0. The predicted molar refractivity (Wildman–Crippen MR) is 147 cm³/mol. The number of anilines is 2. The Balaban J connectivity index is 1.89. The second-order valence-corrected chi connectivity index (χ2v) is 10.7. The number of hydrogen-bond acceptors (Lipinski definition) is 6. The molecule has 7 N–H and O–H groups in total. The smallest absolute Gasteiger partial charge is 0.337 e. The number of amides is 2. The number of rotatable bonds is 8. The van der Waals surface area contributed by atoms with Crippen molar-refractivity contribution in [3.05, 3.63) is 59.2 Å². The van der Waals surface area contributed by atoms with Crippen molar-refractivity contribution < 1.29 is 24.6 Å². The molecule has 0 saturated carbocycles. The van der Waals surface area contributed by atoms with E-state index in [1.165, 1.54) is 6.07 Å². The van der Waals surface area contributed by atoms with Gasteiger partial charge in [-0.2, -0.15) is 0 Å². The van der Waals surface area contributed by atoms with Gasteiger partial charge in [0.1, 0.15) is 11.9 Å². The Labute approximate surface area is 222 Å². The van der Waals surface area contributed by atoms with Gasteiger partial charge in [0.2, 0.25) is 5.91 Å². The van der Waals surface area contributed by atoms with Crippen LogP contribution in [-0.4, -0.2) is 59.1 Å². The van der Waals surface area contributed by atoms with Gasteiger partial charge in [-0.25, -0.2) is 4.79 Å². The molecule has 0 unspecified atom stereocenters. The van der Waals surface area contributed by atoms with Crippen molar-refractivity contribution in [3.63, 3.8) is 0 Å². The molecule has 0 spiro atoms. The summed E-state index contributed by atoms with van der Waals surface area (Å²) in [5.74, 6) is -2.02. The second-order valence-electron chi connectivity index (χ2n) is 10.7. The Morgan fingerprint density at radius 2 is 1.74 bits per heavy atom. The fourth-order valence-electron chi connectivity index (χ4n) is 4.50. The molecule has 1 heterocycles. The zero-order valence-corrected chi connectivity index (χ0v) is 22.1. The molecule has 1 aliphatic heterocycles. The van der Waals surface area contributed by atoms with E-state index in [0.29, 0.717) is 29.9 Å². The molecule has 1 aliphatic rings. The predicted octanol–water partition coefficient (Wildman–Crippen LogP) is 3.19. The normalized spacial score (nSPS) is 16.7. The standard InChI is InChI=1S/C28H37N5O5/c1-28(2,3)23(16-34)32-25(35)18-10-13-21(20(15-18)27(37)38)33-14-6-4-5-7-22(33)26(36)31-19-11-8-17(9-12-19)24(29)30/h8-13,15,22-23,34H,4-7,14,16H2,1-3H3,(H3,29,30)(H,31,36)(H,32,35)(H,37,38)/t22-,23+/m0/s1. The minimum Gasteiger partial charge on any atom is -0.478 e. The number of aromatic carboxylic acids is 1. The van der Waals surface area contributed by atoms with E-state index in [9.17, 15) is 24.6 Å². The number of nitrogens with two attached hydrogens (primary N) is 1. The molecule has 10 heteroatoms. The summed E-state index contributed by atoms with van der Waals surface area (Å²) in [6.45, 7) is 5.91. The van der Waals surface area contributed by atoms with Crippen LogP contribution in [0, 0.1) is 10.8 Å². The van der Waals surface area contributed by atoms with Gasteiger partial charge in [-0.15, -0.1) is 0 Å². The fourth-order valence-corrected chi connectivity index (χ4v) is 4.50. The van der Waals surface area contributed by atoms with E-state index in [1.807, 2.05) is 25.7 Å². The molecule has 1 saturated heterocycles. The van der Waals surface area contributed by atoms with Crippen molar-refractivity contribution in [2.24, 2.45) is 11.1 Å². The zero-order valence-electron chi connectivity index (χ0n) is 22.1. The number of aliphatic hydroxyl groups is 1. The van der Waals surface area contributed by atoms with Crippen LogP contribution >= 0.6 is 0 Å². The van der Waals surface area contributed by atoms with Gasteiger partial charge in [0.05, 0.1) is 23.9 Å². The molecule has 1 fully saturated rings. The first-order valence-corrected chi connectivity index (χ1v) is 12.7. The highest BCUT2D eigenvalue weighted by atomic mass is 16.4. The average Bonchev–Trinajstić information content (AvgIpc) is 3.12. The SMILES string of the molecule is CC(C)(C)[C@@H](CO)NC(=O)c1ccc(N2CCCCC[C@H]2C(=O)Nc2ccc(C(=N)N)cc2)c(C(=O)O)c1. The maximum absolute atomic E-state index is 13.4. The van der Waals surface area contributed by atoms with E-state index in [-0.39, 0.29) is 34.9 Å². The van der Waals surface area contributed by atoms with Gasteiger partial charge in [0.15, 0.2) is 0 Å². The summed E-state index contributed by atoms with van der Waals surface area (Å²) >= 11 is 0. The lowest BCUT2D eigenvalue weighted by molar-refractivity contribution is -0.117. The van der Waals surface area contributed by atoms with E-state index in [2.05, 4.69) is 10.6 Å². The van der Waals surface area contributed by atoms with Crippen molar-refractivity contribution in [2.75, 3.05) is 23.4 Å². The van der Waals surface area contributed by atoms with E-state index in [1.54, 1.807) is 36.4 Å². The molecule has 0 aromatic heterocycles. The molecule has 2 aromatic carbocycles. The van der Waals surface area contributed by atoms with Gasteiger partial charge >= 0.3 is 5.97 Å². The molecule has 0 aliphatic carbocycles. The van der Waals surface area contributed by atoms with Gasteiger partial charge in [0.25, 0.3) is 5.91 Å². The van der Waals surface area contributed by atoms with E-state index < -0.39 is 24.0 Å². The third kappa shape index (κ3) is 6.89. The van der Waals surface area contributed by atoms with Crippen molar-refractivity contribution in [2.45, 2.75) is 58.5 Å². The lowest BCUT2D eigenvalue weighted by Gasteiger charge is -2.32. The summed E-state index contributed by atoms with van der Waals surface area (Å²) in [6, 6.07) is 9.97. The highest BCUT2D eigenvalue weighted by Gasteiger charge is 2.31. The highest BCUT2D eigenvalue weighted by molar-refractivity contribution is 6.03. The van der Waals surface area contributed by atoms with Gasteiger partial charge in [-0.1, -0.05) is 33.6 Å². The molecule has 2 amide bonds. The first kappa shape index (κ1) is 28.6. The Kier molecular flexibility index (Phi) is 9.11. The van der Waals surface area contributed by atoms with E-state index >= 15 is 0 Å². The van der Waals surface area contributed by atoms with Crippen molar-refractivity contribution >= 4 is 35.0 Å². The maximum atomic E-state index is 13.4. The number of hydrogen-bond donors (Lipinski definition) is 6. The number of aliphatic hydroxyl groups excluding tert-OH is 1. The van der Waals surface area contributed by atoms with Gasteiger partial charge in [0, 0.05) is 23.4 Å². The van der Waals surface area contributed by atoms with Crippen LogP contribution in [0.25, 0.3) is 0 Å². The molecule has 3 rings (SSSR count). The lowest BCUT2D eigenvalue weighted by atomic mass is 9.87. The van der Waals surface area contributed by atoms with Crippen molar-refractivity contribution in [3.8, 4) is 0 Å². The molecule has 10 nitrogen and oxygen atoms in total. The number of carboxylic acid groups (broad SMARTS) is 1. The van der Waals surface area contributed by atoms with Crippen LogP contribution in [0.5, 0.6) is 0 Å². The number of carbonyl (C=O) groups excluding carboxylic acids is 2. The first-order valence-electron chi connectivity index (χ1n) is 12.7. The highest BCUT2D eigenvalue weighted by Crippen LogP contribution is 2.30. The first-order chi connectivity index (χ1) is 17.9. The Hall–Kier alpha value is -3.92. The van der Waals surface area contributed by atoms with Gasteiger partial charge < -0.3 is 31.5 Å². The van der Waals surface area contributed by atoms with Gasteiger partial charge in [-0.05, 0) is 60.7 Å². The molecule has 2 atom stereocenters. The quantitative estimate of drug-likeness (QED) is 0.228. The number of amidine groups is 1. The number of nitrogens with one attached hydrogen (secondary N) is 3. The molecule has 204 valence electrons. The monoisotopic (exact) mass is 523 g/mol. The fraction of sp³-hybridized carbons (Fsp3) is 0.429. The van der Waals surface area contributed by atoms with Crippen LogP contribution in [0.1, 0.15) is 72.7 Å². The number of carbonyl (C=O) groups is 3. The topological polar surface area (TPSA) is 169 Å². The minimum absolute atomic E-state index is 0.0681. The van der Waals surface area contributed by atoms with Crippen LogP contribution in [0.15, 0.2) is 42.5 Å². The van der Waals surface area contributed by atoms with Crippen LogP contribution in [-0.2, 0) is 4.79 Å². The number of nitrogens with zero attached hydrogens (tertiary/aromatic N) is 1. The summed E-state index contributed by atoms with van der Waals surface area (Å²) in [4.78, 5) is 40.4. The van der Waals surface area contributed by atoms with E-state index in [0.717, 1.165) is 19.3 Å². The van der Waals surface area contributed by atoms with E-state index in [4.69, 9.17) is 11.1 Å². The molecule has 0 radical (unpaired) electrons. The van der Waals surface area contributed by atoms with Crippen molar-refractivity contribution in [1.82, 2.24) is 5.32 Å². The molecule has 0 bridgehead atoms.